The van der Waals surface area contributed by atoms with Crippen LogP contribution in [-0.4, -0.2) is 12.3 Å². The highest BCUT2D eigenvalue weighted by molar-refractivity contribution is 5.90. The lowest BCUT2D eigenvalue weighted by Crippen LogP contribution is -2.22. The predicted octanol–water partition coefficient (Wildman–Crippen LogP) is 4.20. The summed E-state index contributed by atoms with van der Waals surface area (Å²) in [7, 11) is 0. The van der Waals surface area contributed by atoms with Crippen molar-refractivity contribution in [2.45, 2.75) is 26.8 Å². The first-order valence-electron chi connectivity index (χ1n) is 6.42. The number of nitriles is 1. The first-order chi connectivity index (χ1) is 9.00. The second-order valence-corrected chi connectivity index (χ2v) is 5.78. The predicted molar refractivity (Wildman–Crippen MR) is 80.4 cm³/mol. The van der Waals surface area contributed by atoms with Gasteiger partial charge in [0.25, 0.3) is 0 Å². The van der Waals surface area contributed by atoms with Gasteiger partial charge in [-0.05, 0) is 27.8 Å². The Bertz CT molecular complexity index is 642. The summed E-state index contributed by atoms with van der Waals surface area (Å²) in [5.41, 5.74) is 0.894. The molecule has 2 nitrogen and oxygen atoms in total. The summed E-state index contributed by atoms with van der Waals surface area (Å²) < 4.78 is 0. The van der Waals surface area contributed by atoms with Crippen molar-refractivity contribution in [3.8, 4) is 6.07 Å². The molecule has 0 aliphatic rings. The zero-order valence-electron chi connectivity index (χ0n) is 11.6. The molecule has 0 heterocycles. The maximum atomic E-state index is 9.15. The zero-order valence-corrected chi connectivity index (χ0v) is 11.6. The fourth-order valence-corrected chi connectivity index (χ4v) is 1.90. The van der Waals surface area contributed by atoms with Crippen molar-refractivity contribution in [2.75, 3.05) is 0 Å². The summed E-state index contributed by atoms with van der Waals surface area (Å²) in [5, 5.41) is 11.6. The fraction of sp³-hybridized carbons (Fsp3) is 0.294. The number of benzene rings is 2. The van der Waals surface area contributed by atoms with Gasteiger partial charge < -0.3 is 0 Å². The van der Waals surface area contributed by atoms with E-state index in [0.717, 1.165) is 5.56 Å². The molecule has 19 heavy (non-hydrogen) atoms. The van der Waals surface area contributed by atoms with Gasteiger partial charge in [-0.2, -0.15) is 5.26 Å². The van der Waals surface area contributed by atoms with Crippen molar-refractivity contribution in [1.29, 1.82) is 5.26 Å². The topological polar surface area (TPSA) is 36.1 Å². The van der Waals surface area contributed by atoms with E-state index >= 15 is 0 Å². The third kappa shape index (κ3) is 3.20. The minimum absolute atomic E-state index is 0.137. The molecule has 2 aromatic rings. The molecular weight excluding hydrogens is 232 g/mol. The molecule has 0 amide bonds. The van der Waals surface area contributed by atoms with E-state index < -0.39 is 0 Å². The molecule has 0 spiro atoms. The first-order valence-corrected chi connectivity index (χ1v) is 6.42. The van der Waals surface area contributed by atoms with Gasteiger partial charge in [0.15, 0.2) is 0 Å². The van der Waals surface area contributed by atoms with E-state index in [1.807, 2.05) is 39.0 Å². The lowest BCUT2D eigenvalue weighted by atomic mass is 9.88. The number of hydrogen-bond donors (Lipinski definition) is 0. The van der Waals surface area contributed by atoms with Crippen molar-refractivity contribution in [1.82, 2.24) is 0 Å². The van der Waals surface area contributed by atoms with Crippen molar-refractivity contribution in [3.05, 3.63) is 48.0 Å². The van der Waals surface area contributed by atoms with Crippen LogP contribution in [0.25, 0.3) is 10.8 Å². The minimum atomic E-state index is -0.320. The quantitative estimate of drug-likeness (QED) is 0.736. The summed E-state index contributed by atoms with van der Waals surface area (Å²) in [6.45, 7) is 6.08. The summed E-state index contributed by atoms with van der Waals surface area (Å²) in [5.74, 6) is 0. The van der Waals surface area contributed by atoms with E-state index in [9.17, 15) is 0 Å². The van der Waals surface area contributed by atoms with Crippen LogP contribution in [0, 0.1) is 16.7 Å². The monoisotopic (exact) mass is 250 g/mol. The van der Waals surface area contributed by atoms with Crippen LogP contribution in [-0.2, 0) is 0 Å². The van der Waals surface area contributed by atoms with Crippen LogP contribution in [0.3, 0.4) is 0 Å². The second-order valence-electron chi connectivity index (χ2n) is 5.78. The van der Waals surface area contributed by atoms with Gasteiger partial charge in [-0.3, -0.25) is 4.99 Å². The highest BCUT2D eigenvalue weighted by atomic mass is 14.8. The number of hydrogen-bond acceptors (Lipinski definition) is 2. The van der Waals surface area contributed by atoms with Crippen LogP contribution in [0.1, 0.15) is 26.3 Å². The van der Waals surface area contributed by atoms with Gasteiger partial charge in [0.05, 0.1) is 6.07 Å². The smallest absolute Gasteiger partial charge is 0.141 e. The molecule has 0 aliphatic carbocycles. The van der Waals surface area contributed by atoms with Crippen LogP contribution in [0.2, 0.25) is 0 Å². The molecule has 0 unspecified atom stereocenters. The number of nitrogens with zero attached hydrogens (tertiary/aromatic N) is 2. The molecule has 96 valence electrons. The third-order valence-electron chi connectivity index (χ3n) is 3.09. The molecule has 1 atom stereocenters. The van der Waals surface area contributed by atoms with E-state index in [-0.39, 0.29) is 11.5 Å². The molecule has 0 aromatic heterocycles. The van der Waals surface area contributed by atoms with Crippen LogP contribution in [0.4, 0.5) is 0 Å². The molecule has 0 aliphatic heterocycles. The van der Waals surface area contributed by atoms with E-state index in [0.29, 0.717) is 0 Å². The van der Waals surface area contributed by atoms with Crippen molar-refractivity contribution in [2.24, 2.45) is 10.4 Å². The van der Waals surface area contributed by atoms with Gasteiger partial charge in [-0.1, -0.05) is 57.2 Å². The molecule has 0 bridgehead atoms. The Morgan fingerprint density at radius 1 is 1.11 bits per heavy atom. The molecule has 0 fully saturated rings. The lowest BCUT2D eigenvalue weighted by molar-refractivity contribution is 0.375. The summed E-state index contributed by atoms with van der Waals surface area (Å²) in [6.07, 6.45) is 1.80. The van der Waals surface area contributed by atoms with E-state index in [2.05, 4.69) is 35.3 Å². The molecule has 0 radical (unpaired) electrons. The average Bonchev–Trinajstić information content (AvgIpc) is 2.37. The Labute approximate surface area is 114 Å². The van der Waals surface area contributed by atoms with Gasteiger partial charge in [0.2, 0.25) is 0 Å². The summed E-state index contributed by atoms with van der Waals surface area (Å²) in [4.78, 5) is 4.40. The Hall–Kier alpha value is -2.14. The van der Waals surface area contributed by atoms with Crippen molar-refractivity contribution < 1.29 is 0 Å². The fourth-order valence-electron chi connectivity index (χ4n) is 1.90. The third-order valence-corrected chi connectivity index (χ3v) is 3.09. The maximum absolute atomic E-state index is 9.15. The molecule has 2 heteroatoms. The highest BCUT2D eigenvalue weighted by Gasteiger charge is 2.22. The Kier molecular flexibility index (Phi) is 3.66. The van der Waals surface area contributed by atoms with E-state index in [1.165, 1.54) is 10.8 Å². The molecule has 2 aromatic carbocycles. The molecule has 0 N–H and O–H groups in total. The van der Waals surface area contributed by atoms with Gasteiger partial charge in [-0.25, -0.2) is 0 Å². The van der Waals surface area contributed by atoms with Gasteiger partial charge in [-0.15, -0.1) is 0 Å². The number of aliphatic imine (C=N–C) groups is 1. The Morgan fingerprint density at radius 3 is 2.42 bits per heavy atom. The van der Waals surface area contributed by atoms with Crippen molar-refractivity contribution in [3.63, 3.8) is 0 Å². The minimum Gasteiger partial charge on any atom is -0.273 e. The Balaban J connectivity index is 2.28. The molecule has 0 saturated heterocycles. The van der Waals surface area contributed by atoms with E-state index in [4.69, 9.17) is 5.26 Å². The molecular formula is C17H18N2. The summed E-state index contributed by atoms with van der Waals surface area (Å²) >= 11 is 0. The lowest BCUT2D eigenvalue weighted by Gasteiger charge is -2.20. The van der Waals surface area contributed by atoms with Crippen LogP contribution in [0.15, 0.2) is 47.5 Å². The second kappa shape index (κ2) is 5.24. The number of rotatable bonds is 2. The SMILES string of the molecule is CC(C)(C)[C@@H](C#N)N=Cc1ccc2ccccc2c1. The van der Waals surface area contributed by atoms with Crippen LogP contribution < -0.4 is 0 Å². The molecule has 2 rings (SSSR count). The van der Waals surface area contributed by atoms with Crippen LogP contribution >= 0.6 is 0 Å². The normalized spacial score (nSPS) is 13.6. The average molecular weight is 250 g/mol. The van der Waals surface area contributed by atoms with Crippen LogP contribution in [0.5, 0.6) is 0 Å². The van der Waals surface area contributed by atoms with Crippen molar-refractivity contribution >= 4 is 17.0 Å². The van der Waals surface area contributed by atoms with E-state index in [1.54, 1.807) is 6.21 Å². The maximum Gasteiger partial charge on any atom is 0.141 e. The molecule has 0 saturated carbocycles. The number of fused-ring (bicyclic) bond motifs is 1. The largest absolute Gasteiger partial charge is 0.273 e. The van der Waals surface area contributed by atoms with Gasteiger partial charge in [0.1, 0.15) is 6.04 Å². The zero-order chi connectivity index (χ0) is 13.9. The summed E-state index contributed by atoms with van der Waals surface area (Å²) in [6, 6.07) is 16.4. The highest BCUT2D eigenvalue weighted by Crippen LogP contribution is 2.22. The Morgan fingerprint density at radius 2 is 1.79 bits per heavy atom. The standard InChI is InChI=1S/C17H18N2/c1-17(2,3)16(11-18)19-12-13-8-9-14-6-4-5-7-15(14)10-13/h4-10,12,16H,1-3H3/t16-/m1/s1. The van der Waals surface area contributed by atoms with Gasteiger partial charge >= 0.3 is 0 Å². The van der Waals surface area contributed by atoms with Gasteiger partial charge in [0, 0.05) is 6.21 Å². The first kappa shape index (κ1) is 13.3.